The number of rotatable bonds is 5. The minimum absolute atomic E-state index is 0.371. The molecular formula is C14H22N2O2S. The summed E-state index contributed by atoms with van der Waals surface area (Å²) in [6.45, 7) is 1.44. The first-order valence-corrected chi connectivity index (χ1v) is 8.68. The van der Waals surface area contributed by atoms with Crippen molar-refractivity contribution in [3.05, 3.63) is 24.3 Å². The second-order valence-corrected chi connectivity index (χ2v) is 7.20. The van der Waals surface area contributed by atoms with Crippen LogP contribution in [0, 0.1) is 0 Å². The summed E-state index contributed by atoms with van der Waals surface area (Å²) in [5.74, 6) is 0. The lowest BCUT2D eigenvalue weighted by Gasteiger charge is -2.31. The molecule has 2 rings (SSSR count). The van der Waals surface area contributed by atoms with Crippen molar-refractivity contribution in [1.29, 1.82) is 0 Å². The topological polar surface area (TPSA) is 63.4 Å². The van der Waals surface area contributed by atoms with Crippen LogP contribution in [0.25, 0.3) is 0 Å². The van der Waals surface area contributed by atoms with Gasteiger partial charge in [-0.15, -0.1) is 0 Å². The van der Waals surface area contributed by atoms with Crippen LogP contribution in [0.2, 0.25) is 0 Å². The molecule has 106 valence electrons. The predicted molar refractivity (Wildman–Crippen MR) is 78.2 cm³/mol. The molecule has 0 radical (unpaired) electrons. The van der Waals surface area contributed by atoms with Gasteiger partial charge in [0.2, 0.25) is 0 Å². The Morgan fingerprint density at radius 2 is 1.79 bits per heavy atom. The molecule has 0 heterocycles. The first kappa shape index (κ1) is 14.3. The van der Waals surface area contributed by atoms with Gasteiger partial charge in [0.1, 0.15) is 0 Å². The number of nitrogens with zero attached hydrogens (tertiary/aromatic N) is 1. The molecule has 1 aliphatic carbocycles. The molecule has 0 spiro atoms. The molecule has 19 heavy (non-hydrogen) atoms. The van der Waals surface area contributed by atoms with E-state index in [4.69, 9.17) is 5.73 Å². The molecule has 1 fully saturated rings. The Labute approximate surface area is 115 Å². The normalized spacial score (nSPS) is 16.7. The molecule has 0 bridgehead atoms. The van der Waals surface area contributed by atoms with Gasteiger partial charge < -0.3 is 10.6 Å². The standard InChI is InChI=1S/C14H22N2O2S/c1-19(17,18)14-8-6-13(7-9-14)16(11-10-15)12-4-2-3-5-12/h6-9,12H,2-5,10-11,15H2,1H3. The highest BCUT2D eigenvalue weighted by molar-refractivity contribution is 7.90. The highest BCUT2D eigenvalue weighted by atomic mass is 32.2. The van der Waals surface area contributed by atoms with E-state index in [-0.39, 0.29) is 0 Å². The van der Waals surface area contributed by atoms with Gasteiger partial charge in [0.25, 0.3) is 0 Å². The lowest BCUT2D eigenvalue weighted by atomic mass is 10.1. The number of hydrogen-bond donors (Lipinski definition) is 1. The Bertz CT molecular complexity index is 505. The minimum atomic E-state index is -3.12. The first-order valence-electron chi connectivity index (χ1n) is 6.79. The van der Waals surface area contributed by atoms with Crippen molar-refractivity contribution >= 4 is 15.5 Å². The van der Waals surface area contributed by atoms with Crippen molar-refractivity contribution in [1.82, 2.24) is 0 Å². The third-order valence-corrected chi connectivity index (χ3v) is 4.86. The maximum atomic E-state index is 11.5. The molecular weight excluding hydrogens is 260 g/mol. The van der Waals surface area contributed by atoms with Crippen molar-refractivity contribution < 1.29 is 8.42 Å². The molecule has 0 aromatic heterocycles. The van der Waals surface area contributed by atoms with E-state index in [0.717, 1.165) is 12.2 Å². The van der Waals surface area contributed by atoms with Crippen LogP contribution in [-0.2, 0) is 9.84 Å². The van der Waals surface area contributed by atoms with E-state index in [1.54, 1.807) is 12.1 Å². The third kappa shape index (κ3) is 3.48. The average Bonchev–Trinajstić information content (AvgIpc) is 2.89. The number of benzene rings is 1. The lowest BCUT2D eigenvalue weighted by Crippen LogP contribution is -2.37. The van der Waals surface area contributed by atoms with Crippen molar-refractivity contribution in [2.45, 2.75) is 36.6 Å². The van der Waals surface area contributed by atoms with Gasteiger partial charge in [-0.2, -0.15) is 0 Å². The van der Waals surface area contributed by atoms with E-state index in [1.165, 1.54) is 31.9 Å². The highest BCUT2D eigenvalue weighted by Crippen LogP contribution is 2.28. The highest BCUT2D eigenvalue weighted by Gasteiger charge is 2.22. The van der Waals surface area contributed by atoms with Gasteiger partial charge in [0, 0.05) is 31.1 Å². The third-order valence-electron chi connectivity index (χ3n) is 3.73. The lowest BCUT2D eigenvalue weighted by molar-refractivity contribution is 0.601. The summed E-state index contributed by atoms with van der Waals surface area (Å²) in [7, 11) is -3.12. The maximum Gasteiger partial charge on any atom is 0.175 e. The van der Waals surface area contributed by atoms with Gasteiger partial charge in [0.15, 0.2) is 9.84 Å². The Hall–Kier alpha value is -1.07. The molecule has 0 amide bonds. The summed E-state index contributed by atoms with van der Waals surface area (Å²) in [6.07, 6.45) is 6.18. The Morgan fingerprint density at radius 3 is 2.26 bits per heavy atom. The molecule has 0 aliphatic heterocycles. The predicted octanol–water partition coefficient (Wildman–Crippen LogP) is 1.80. The summed E-state index contributed by atoms with van der Waals surface area (Å²) in [5.41, 5.74) is 6.77. The summed E-state index contributed by atoms with van der Waals surface area (Å²) in [5, 5.41) is 0. The molecule has 5 heteroatoms. The molecule has 0 saturated heterocycles. The minimum Gasteiger partial charge on any atom is -0.367 e. The molecule has 0 unspecified atom stereocenters. The summed E-state index contributed by atoms with van der Waals surface area (Å²) in [6, 6.07) is 7.70. The Balaban J connectivity index is 2.22. The van der Waals surface area contributed by atoms with Crippen LogP contribution in [0.1, 0.15) is 25.7 Å². The van der Waals surface area contributed by atoms with Crippen LogP contribution in [0.5, 0.6) is 0 Å². The zero-order valence-corrected chi connectivity index (χ0v) is 12.2. The van der Waals surface area contributed by atoms with E-state index in [2.05, 4.69) is 4.90 Å². The van der Waals surface area contributed by atoms with E-state index < -0.39 is 9.84 Å². The number of sulfone groups is 1. The van der Waals surface area contributed by atoms with E-state index >= 15 is 0 Å². The molecule has 1 aromatic carbocycles. The molecule has 1 aromatic rings. The molecule has 4 nitrogen and oxygen atoms in total. The van der Waals surface area contributed by atoms with Crippen molar-refractivity contribution in [2.24, 2.45) is 5.73 Å². The zero-order chi connectivity index (χ0) is 13.9. The zero-order valence-electron chi connectivity index (χ0n) is 11.4. The van der Waals surface area contributed by atoms with Gasteiger partial charge >= 0.3 is 0 Å². The van der Waals surface area contributed by atoms with Crippen LogP contribution in [-0.4, -0.2) is 33.8 Å². The summed E-state index contributed by atoms with van der Waals surface area (Å²) >= 11 is 0. The van der Waals surface area contributed by atoms with Crippen LogP contribution in [0.3, 0.4) is 0 Å². The largest absolute Gasteiger partial charge is 0.367 e. The fraction of sp³-hybridized carbons (Fsp3) is 0.571. The summed E-state index contributed by atoms with van der Waals surface area (Å²) in [4.78, 5) is 2.69. The van der Waals surface area contributed by atoms with Crippen molar-refractivity contribution in [3.8, 4) is 0 Å². The van der Waals surface area contributed by atoms with Crippen LogP contribution in [0.15, 0.2) is 29.2 Å². The fourth-order valence-electron chi connectivity index (χ4n) is 2.76. The second kappa shape index (κ2) is 5.92. The average molecular weight is 282 g/mol. The van der Waals surface area contributed by atoms with Crippen molar-refractivity contribution in [2.75, 3.05) is 24.2 Å². The van der Waals surface area contributed by atoms with Gasteiger partial charge in [-0.05, 0) is 37.1 Å². The van der Waals surface area contributed by atoms with E-state index in [1.807, 2.05) is 12.1 Å². The smallest absolute Gasteiger partial charge is 0.175 e. The summed E-state index contributed by atoms with van der Waals surface area (Å²) < 4.78 is 22.9. The van der Waals surface area contributed by atoms with E-state index in [0.29, 0.717) is 17.5 Å². The SMILES string of the molecule is CS(=O)(=O)c1ccc(N(CCN)C2CCCC2)cc1. The Morgan fingerprint density at radius 1 is 1.21 bits per heavy atom. The van der Waals surface area contributed by atoms with Gasteiger partial charge in [-0.25, -0.2) is 8.42 Å². The van der Waals surface area contributed by atoms with E-state index in [9.17, 15) is 8.42 Å². The van der Waals surface area contributed by atoms with Gasteiger partial charge in [-0.1, -0.05) is 12.8 Å². The molecule has 1 aliphatic rings. The Kier molecular flexibility index (Phi) is 4.47. The number of nitrogens with two attached hydrogens (primary N) is 1. The fourth-order valence-corrected chi connectivity index (χ4v) is 3.39. The number of anilines is 1. The molecule has 0 atom stereocenters. The molecule has 1 saturated carbocycles. The van der Waals surface area contributed by atoms with Crippen LogP contribution >= 0.6 is 0 Å². The molecule has 2 N–H and O–H groups in total. The number of hydrogen-bond acceptors (Lipinski definition) is 4. The maximum absolute atomic E-state index is 11.5. The van der Waals surface area contributed by atoms with Gasteiger partial charge in [0.05, 0.1) is 4.90 Å². The quantitative estimate of drug-likeness (QED) is 0.894. The second-order valence-electron chi connectivity index (χ2n) is 5.19. The van der Waals surface area contributed by atoms with Crippen molar-refractivity contribution in [3.63, 3.8) is 0 Å². The van der Waals surface area contributed by atoms with Gasteiger partial charge in [-0.3, -0.25) is 0 Å². The first-order chi connectivity index (χ1) is 9.02. The van der Waals surface area contributed by atoms with Crippen LogP contribution in [0.4, 0.5) is 5.69 Å². The van der Waals surface area contributed by atoms with Crippen LogP contribution < -0.4 is 10.6 Å². The monoisotopic (exact) mass is 282 g/mol.